The van der Waals surface area contributed by atoms with Gasteiger partial charge in [-0.2, -0.15) is 10.1 Å². The summed E-state index contributed by atoms with van der Waals surface area (Å²) < 4.78 is 7.34. The number of aryl methyl sites for hydroxylation is 1. The van der Waals surface area contributed by atoms with Crippen molar-refractivity contribution < 1.29 is 9.53 Å². The first-order valence-electron chi connectivity index (χ1n) is 5.80. The predicted octanol–water partition coefficient (Wildman–Crippen LogP) is 2.64. The fourth-order valence-electron chi connectivity index (χ4n) is 1.94. The highest BCUT2D eigenvalue weighted by Gasteiger charge is 2.13. The first kappa shape index (κ1) is 11.4. The fourth-order valence-corrected chi connectivity index (χ4v) is 1.94. The van der Waals surface area contributed by atoms with E-state index in [1.165, 1.54) is 6.33 Å². The molecule has 0 aliphatic carbocycles. The zero-order valence-electron chi connectivity index (χ0n) is 10.3. The molecule has 0 spiro atoms. The number of carbonyl (C=O) groups is 1. The quantitative estimate of drug-likeness (QED) is 0.673. The number of hydrogen-bond acceptors (Lipinski definition) is 4. The average Bonchev–Trinajstić information content (AvgIpc) is 2.78. The van der Waals surface area contributed by atoms with Crippen LogP contribution >= 0.6 is 0 Å². The van der Waals surface area contributed by atoms with E-state index in [2.05, 4.69) is 10.1 Å². The van der Waals surface area contributed by atoms with Crippen molar-refractivity contribution in [2.45, 2.75) is 6.92 Å². The number of benzene rings is 1. The highest BCUT2D eigenvalue weighted by molar-refractivity contribution is 5.83. The first-order chi connectivity index (χ1) is 9.29. The van der Waals surface area contributed by atoms with Crippen molar-refractivity contribution in [2.75, 3.05) is 0 Å². The minimum Gasteiger partial charge on any atom is -0.437 e. The smallest absolute Gasteiger partial charge is 0.247 e. The lowest BCUT2D eigenvalue weighted by Gasteiger charge is -2.06. The third-order valence-electron chi connectivity index (χ3n) is 2.92. The molecule has 0 saturated heterocycles. The van der Waals surface area contributed by atoms with Crippen LogP contribution in [0.1, 0.15) is 15.9 Å². The van der Waals surface area contributed by atoms with Gasteiger partial charge in [-0.3, -0.25) is 4.79 Å². The molecule has 2 heterocycles. The third-order valence-corrected chi connectivity index (χ3v) is 2.92. The molecule has 3 rings (SSSR count). The van der Waals surface area contributed by atoms with E-state index < -0.39 is 0 Å². The zero-order valence-corrected chi connectivity index (χ0v) is 10.3. The van der Waals surface area contributed by atoms with E-state index in [4.69, 9.17) is 4.74 Å². The number of nitrogens with zero attached hydrogens (tertiary/aromatic N) is 3. The molecule has 0 radical (unpaired) electrons. The molecule has 3 aromatic rings. The van der Waals surface area contributed by atoms with Gasteiger partial charge in [0.1, 0.15) is 17.6 Å². The monoisotopic (exact) mass is 253 g/mol. The maximum absolute atomic E-state index is 11.0. The van der Waals surface area contributed by atoms with Gasteiger partial charge in [-0.25, -0.2) is 4.52 Å². The number of carbonyl (C=O) groups excluding carboxylic acids is 1. The standard InChI is InChI=1S/C14H11N3O2/c1-10-11(8-18)7-17-13(10)14(15-9-16-17)19-12-5-3-2-4-6-12/h2-9H,1H3. The largest absolute Gasteiger partial charge is 0.437 e. The molecule has 19 heavy (non-hydrogen) atoms. The molecule has 0 saturated carbocycles. The Balaban J connectivity index is 2.13. The van der Waals surface area contributed by atoms with Gasteiger partial charge < -0.3 is 4.74 Å². The molecule has 0 unspecified atom stereocenters. The zero-order chi connectivity index (χ0) is 13.2. The van der Waals surface area contributed by atoms with Gasteiger partial charge in [-0.1, -0.05) is 18.2 Å². The van der Waals surface area contributed by atoms with Gasteiger partial charge in [0.15, 0.2) is 6.29 Å². The molecule has 5 nitrogen and oxygen atoms in total. The lowest BCUT2D eigenvalue weighted by atomic mass is 10.2. The third kappa shape index (κ3) is 1.95. The van der Waals surface area contributed by atoms with Crippen LogP contribution in [-0.4, -0.2) is 20.9 Å². The molecule has 94 valence electrons. The number of aldehydes is 1. The van der Waals surface area contributed by atoms with Crippen LogP contribution in [-0.2, 0) is 0 Å². The van der Waals surface area contributed by atoms with Gasteiger partial charge in [0.2, 0.25) is 5.88 Å². The van der Waals surface area contributed by atoms with Crippen molar-refractivity contribution in [3.8, 4) is 11.6 Å². The molecule has 0 atom stereocenters. The van der Waals surface area contributed by atoms with E-state index in [-0.39, 0.29) is 0 Å². The van der Waals surface area contributed by atoms with Gasteiger partial charge >= 0.3 is 0 Å². The van der Waals surface area contributed by atoms with Crippen LogP contribution in [0.15, 0.2) is 42.9 Å². The van der Waals surface area contributed by atoms with Crippen molar-refractivity contribution in [3.63, 3.8) is 0 Å². The Hall–Kier alpha value is -2.69. The molecule has 0 aliphatic rings. The van der Waals surface area contributed by atoms with Crippen LogP contribution in [0.5, 0.6) is 11.6 Å². The highest BCUT2D eigenvalue weighted by Crippen LogP contribution is 2.27. The lowest BCUT2D eigenvalue weighted by molar-refractivity contribution is 0.112. The maximum atomic E-state index is 11.0. The maximum Gasteiger partial charge on any atom is 0.247 e. The predicted molar refractivity (Wildman–Crippen MR) is 69.6 cm³/mol. The Kier molecular flexibility index (Phi) is 2.72. The summed E-state index contributed by atoms with van der Waals surface area (Å²) in [4.78, 5) is 15.1. The summed E-state index contributed by atoms with van der Waals surface area (Å²) in [5.41, 5.74) is 2.09. The summed E-state index contributed by atoms with van der Waals surface area (Å²) in [6.45, 7) is 1.85. The summed E-state index contributed by atoms with van der Waals surface area (Å²) in [5, 5.41) is 4.08. The Morgan fingerprint density at radius 3 is 2.79 bits per heavy atom. The molecular weight excluding hydrogens is 242 g/mol. The fraction of sp³-hybridized carbons (Fsp3) is 0.0714. The minimum absolute atomic E-state index is 0.437. The summed E-state index contributed by atoms with van der Waals surface area (Å²) in [5.74, 6) is 1.13. The van der Waals surface area contributed by atoms with Crippen LogP contribution in [0, 0.1) is 6.92 Å². The normalized spacial score (nSPS) is 10.6. The number of aromatic nitrogens is 3. The number of para-hydroxylation sites is 1. The van der Waals surface area contributed by atoms with Crippen molar-refractivity contribution in [2.24, 2.45) is 0 Å². The van der Waals surface area contributed by atoms with Crippen LogP contribution < -0.4 is 4.74 Å². The van der Waals surface area contributed by atoms with E-state index in [0.717, 1.165) is 11.8 Å². The number of rotatable bonds is 3. The Labute approximate surface area is 109 Å². The molecule has 5 heteroatoms. The topological polar surface area (TPSA) is 56.5 Å². The van der Waals surface area contributed by atoms with Crippen LogP contribution in [0.25, 0.3) is 5.52 Å². The average molecular weight is 253 g/mol. The summed E-state index contributed by atoms with van der Waals surface area (Å²) in [6, 6.07) is 9.37. The van der Waals surface area contributed by atoms with E-state index in [0.29, 0.717) is 22.7 Å². The molecule has 0 bridgehead atoms. The molecule has 1 aromatic carbocycles. The first-order valence-corrected chi connectivity index (χ1v) is 5.80. The second-order valence-corrected chi connectivity index (χ2v) is 4.10. The Morgan fingerprint density at radius 1 is 1.26 bits per heavy atom. The van der Waals surface area contributed by atoms with Gasteiger partial charge in [0.25, 0.3) is 0 Å². The van der Waals surface area contributed by atoms with Crippen molar-refractivity contribution in [1.82, 2.24) is 14.6 Å². The summed E-state index contributed by atoms with van der Waals surface area (Å²) in [6.07, 6.45) is 3.87. The van der Waals surface area contributed by atoms with E-state index in [1.807, 2.05) is 37.3 Å². The highest BCUT2D eigenvalue weighted by atomic mass is 16.5. The van der Waals surface area contributed by atoms with Crippen molar-refractivity contribution in [1.29, 1.82) is 0 Å². The lowest BCUT2D eigenvalue weighted by Crippen LogP contribution is -1.96. The molecule has 0 aliphatic heterocycles. The van der Waals surface area contributed by atoms with Crippen molar-refractivity contribution in [3.05, 3.63) is 54.0 Å². The summed E-state index contributed by atoms with van der Waals surface area (Å²) >= 11 is 0. The second-order valence-electron chi connectivity index (χ2n) is 4.10. The van der Waals surface area contributed by atoms with Gasteiger partial charge in [0, 0.05) is 11.8 Å². The molecule has 2 aromatic heterocycles. The van der Waals surface area contributed by atoms with Crippen LogP contribution in [0.4, 0.5) is 0 Å². The molecule has 0 amide bonds. The number of ether oxygens (including phenoxy) is 1. The van der Waals surface area contributed by atoms with E-state index in [9.17, 15) is 4.79 Å². The molecule has 0 N–H and O–H groups in total. The Morgan fingerprint density at radius 2 is 2.05 bits per heavy atom. The van der Waals surface area contributed by atoms with Gasteiger partial charge in [-0.05, 0) is 24.6 Å². The van der Waals surface area contributed by atoms with Gasteiger partial charge in [0.05, 0.1) is 0 Å². The minimum atomic E-state index is 0.437. The SMILES string of the molecule is Cc1c(C=O)cn2ncnc(Oc3ccccc3)c12. The second kappa shape index (κ2) is 4.53. The molecule has 0 fully saturated rings. The van der Waals surface area contributed by atoms with Crippen LogP contribution in [0.2, 0.25) is 0 Å². The molecular formula is C14H11N3O2. The number of hydrogen-bond donors (Lipinski definition) is 0. The Bertz CT molecular complexity index is 735. The number of fused-ring (bicyclic) bond motifs is 1. The van der Waals surface area contributed by atoms with Gasteiger partial charge in [-0.15, -0.1) is 0 Å². The summed E-state index contributed by atoms with van der Waals surface area (Å²) in [7, 11) is 0. The van der Waals surface area contributed by atoms with Crippen LogP contribution in [0.3, 0.4) is 0 Å². The van der Waals surface area contributed by atoms with Crippen molar-refractivity contribution >= 4 is 11.8 Å². The van der Waals surface area contributed by atoms with E-state index in [1.54, 1.807) is 10.7 Å². The van der Waals surface area contributed by atoms with E-state index >= 15 is 0 Å².